The van der Waals surface area contributed by atoms with Gasteiger partial charge in [-0.1, -0.05) is 36.5 Å². The third kappa shape index (κ3) is 6.91. The summed E-state index contributed by atoms with van der Waals surface area (Å²) in [5.74, 6) is 4.39. The van der Waals surface area contributed by atoms with E-state index in [0.717, 1.165) is 75.5 Å². The minimum Gasteiger partial charge on any atom is -0.357 e. The topological polar surface area (TPSA) is 110 Å². The zero-order chi connectivity index (χ0) is 32.3. The van der Waals surface area contributed by atoms with Crippen LogP contribution in [0, 0.1) is 5.92 Å². The molecule has 47 heavy (non-hydrogen) atoms. The van der Waals surface area contributed by atoms with E-state index in [0.29, 0.717) is 10.0 Å². The first kappa shape index (κ1) is 30.7. The fraction of sp³-hybridized carbons (Fsp3) is 0.194. The van der Waals surface area contributed by atoms with Crippen LogP contribution >= 0.6 is 23.2 Å². The summed E-state index contributed by atoms with van der Waals surface area (Å²) >= 11 is 12.0. The molecule has 9 nitrogen and oxygen atoms in total. The number of halogens is 2. The van der Waals surface area contributed by atoms with Gasteiger partial charge in [0.25, 0.3) is 5.82 Å². The van der Waals surface area contributed by atoms with E-state index in [-0.39, 0.29) is 5.43 Å². The Balaban J connectivity index is 0.000000150. The van der Waals surface area contributed by atoms with Crippen molar-refractivity contribution >= 4 is 51.1 Å². The minimum atomic E-state index is -0.0150. The maximum Gasteiger partial charge on any atom is 0.283 e. The maximum atomic E-state index is 11.2. The van der Waals surface area contributed by atoms with Gasteiger partial charge in [-0.15, -0.1) is 0 Å². The molecule has 11 heteroatoms. The van der Waals surface area contributed by atoms with Crippen LogP contribution < -0.4 is 15.3 Å². The molecule has 6 heterocycles. The number of nitrogens with zero attached hydrogens (tertiary/aromatic N) is 5. The van der Waals surface area contributed by atoms with Crippen molar-refractivity contribution in [1.29, 1.82) is 0 Å². The number of aromatic nitrogens is 7. The van der Waals surface area contributed by atoms with Gasteiger partial charge in [0.15, 0.2) is 5.43 Å². The Morgan fingerprint density at radius 2 is 1.43 bits per heavy atom. The molecule has 0 radical (unpaired) electrons. The molecular formula is C36H33Cl2N8O+. The van der Waals surface area contributed by atoms with Crippen LogP contribution in [-0.2, 0) is 0 Å². The number of imidazole rings is 2. The molecule has 0 bridgehead atoms. The van der Waals surface area contributed by atoms with Gasteiger partial charge in [-0.05, 0) is 73.4 Å². The van der Waals surface area contributed by atoms with Gasteiger partial charge >= 0.3 is 0 Å². The Morgan fingerprint density at radius 3 is 1.98 bits per heavy atom. The molecule has 7 aromatic rings. The standard InChI is InChI=1S/C19H21ClN4.C17H11ClN4O/c1-2-13-7-9-24(10-8-13)18-6-3-14(12-21-18)19-22-16-5-4-15(20)11-17(16)23-19;18-12-2-3-14-15(9-12)21-17(20-14)11-1-4-16(19-10-11)22-7-5-13(23)6-8-22/h3-6,11-13H,2,7-10H2,1H3,(H,22,23);1-10H,(H,20,21)/p+1. The van der Waals surface area contributed by atoms with E-state index in [1.54, 1.807) is 12.4 Å². The van der Waals surface area contributed by atoms with Gasteiger partial charge in [-0.2, -0.15) is 0 Å². The Hall–Kier alpha value is -4.99. The first-order valence-electron chi connectivity index (χ1n) is 15.6. The zero-order valence-corrected chi connectivity index (χ0v) is 27.3. The van der Waals surface area contributed by atoms with Crippen LogP contribution in [0.2, 0.25) is 10.0 Å². The molecule has 5 aromatic heterocycles. The van der Waals surface area contributed by atoms with Gasteiger partial charge in [0.1, 0.15) is 17.5 Å². The van der Waals surface area contributed by atoms with Crippen molar-refractivity contribution in [1.82, 2.24) is 29.5 Å². The molecule has 1 aliphatic rings. The summed E-state index contributed by atoms with van der Waals surface area (Å²) in [7, 11) is 0. The Morgan fingerprint density at radius 1 is 0.809 bits per heavy atom. The highest BCUT2D eigenvalue weighted by Gasteiger charge is 2.19. The van der Waals surface area contributed by atoms with Crippen molar-refractivity contribution in [2.24, 2.45) is 5.92 Å². The third-order valence-electron chi connectivity index (χ3n) is 8.57. The highest BCUT2D eigenvalue weighted by atomic mass is 35.5. The molecule has 236 valence electrons. The maximum absolute atomic E-state index is 11.2. The van der Waals surface area contributed by atoms with Gasteiger partial charge in [0.2, 0.25) is 0 Å². The first-order chi connectivity index (χ1) is 22.9. The molecule has 2 aromatic carbocycles. The number of anilines is 1. The van der Waals surface area contributed by atoms with Crippen LogP contribution in [0.1, 0.15) is 26.2 Å². The summed E-state index contributed by atoms with van der Waals surface area (Å²) < 4.78 is 1.84. The Labute approximate surface area is 281 Å². The molecule has 0 spiro atoms. The van der Waals surface area contributed by atoms with E-state index in [2.05, 4.69) is 53.9 Å². The predicted molar refractivity (Wildman–Crippen MR) is 188 cm³/mol. The van der Waals surface area contributed by atoms with E-state index in [1.165, 1.54) is 31.4 Å². The fourth-order valence-electron chi connectivity index (χ4n) is 5.82. The largest absolute Gasteiger partial charge is 0.357 e. The van der Waals surface area contributed by atoms with Crippen molar-refractivity contribution in [3.8, 4) is 28.6 Å². The molecule has 0 atom stereocenters. The number of fused-ring (bicyclic) bond motifs is 2. The summed E-state index contributed by atoms with van der Waals surface area (Å²) in [6.45, 7) is 4.50. The van der Waals surface area contributed by atoms with Gasteiger partial charge in [0.05, 0.1) is 46.2 Å². The number of benzene rings is 2. The van der Waals surface area contributed by atoms with Crippen molar-refractivity contribution in [2.75, 3.05) is 18.0 Å². The van der Waals surface area contributed by atoms with Gasteiger partial charge in [-0.25, -0.2) is 24.5 Å². The quantitative estimate of drug-likeness (QED) is 0.196. The zero-order valence-electron chi connectivity index (χ0n) is 25.8. The Bertz CT molecular complexity index is 2180. The van der Waals surface area contributed by atoms with E-state index in [9.17, 15) is 4.79 Å². The summed E-state index contributed by atoms with van der Waals surface area (Å²) in [5.41, 5.74) is 5.55. The summed E-state index contributed by atoms with van der Waals surface area (Å²) in [4.78, 5) is 37.1. The molecule has 0 unspecified atom stereocenters. The number of pyridine rings is 3. The summed E-state index contributed by atoms with van der Waals surface area (Å²) in [6.07, 6.45) is 11.0. The average Bonchev–Trinajstić information content (AvgIpc) is 3.73. The van der Waals surface area contributed by atoms with Crippen molar-refractivity contribution in [3.63, 3.8) is 0 Å². The first-order valence-corrected chi connectivity index (χ1v) is 16.4. The number of hydrogen-bond donors (Lipinski definition) is 2. The lowest BCUT2D eigenvalue weighted by molar-refractivity contribution is -0.372. The number of hydrogen-bond acceptors (Lipinski definition) is 5. The fourth-order valence-corrected chi connectivity index (χ4v) is 6.16. The molecule has 1 saturated heterocycles. The second-order valence-electron chi connectivity index (χ2n) is 11.6. The molecule has 1 fully saturated rings. The lowest BCUT2D eigenvalue weighted by atomic mass is 9.94. The number of H-pyrrole nitrogens is 3. The molecule has 3 N–H and O–H groups in total. The normalized spacial score (nSPS) is 13.6. The van der Waals surface area contributed by atoms with Crippen LogP contribution in [-0.4, -0.2) is 42.6 Å². The monoisotopic (exact) mass is 663 g/mol. The number of aromatic amines is 3. The number of rotatable bonds is 5. The van der Waals surface area contributed by atoms with E-state index in [4.69, 9.17) is 23.2 Å². The molecule has 0 aliphatic carbocycles. The molecule has 8 rings (SSSR count). The van der Waals surface area contributed by atoms with E-state index < -0.39 is 0 Å². The van der Waals surface area contributed by atoms with Gasteiger partial charge in [0, 0.05) is 53.1 Å². The van der Waals surface area contributed by atoms with Crippen molar-refractivity contribution in [3.05, 3.63) is 118 Å². The number of nitrogens with one attached hydrogen (secondary N) is 3. The summed E-state index contributed by atoms with van der Waals surface area (Å²) in [6, 6.07) is 22.4. The van der Waals surface area contributed by atoms with Crippen molar-refractivity contribution in [2.45, 2.75) is 26.2 Å². The van der Waals surface area contributed by atoms with Gasteiger partial charge in [-0.3, -0.25) is 4.79 Å². The second kappa shape index (κ2) is 13.4. The number of piperidine rings is 1. The minimum absolute atomic E-state index is 0.0150. The van der Waals surface area contributed by atoms with Crippen LogP contribution in [0.3, 0.4) is 0 Å². The lowest BCUT2D eigenvalue weighted by Gasteiger charge is -2.32. The highest BCUT2D eigenvalue weighted by molar-refractivity contribution is 6.31. The molecule has 0 amide bonds. The highest BCUT2D eigenvalue weighted by Crippen LogP contribution is 2.27. The molecule has 0 saturated carbocycles. The lowest BCUT2D eigenvalue weighted by Crippen LogP contribution is -2.33. The van der Waals surface area contributed by atoms with Crippen LogP contribution in [0.15, 0.2) is 102 Å². The SMILES string of the molecule is CCC1CCN(c2ccc(-c3nc4ccc(Cl)cc4[nH]3)cn2)CC1.O=c1ccn(-c2ccc(-c3nc4ccc(Cl)cc4[nH]3)c[nH+]2)cc1. The third-order valence-corrected chi connectivity index (χ3v) is 9.04. The second-order valence-corrected chi connectivity index (χ2v) is 12.5. The van der Waals surface area contributed by atoms with Crippen LogP contribution in [0.4, 0.5) is 5.82 Å². The summed E-state index contributed by atoms with van der Waals surface area (Å²) in [5, 5.41) is 1.38. The average molecular weight is 665 g/mol. The molecule has 1 aliphatic heterocycles. The smallest absolute Gasteiger partial charge is 0.283 e. The van der Waals surface area contributed by atoms with Crippen LogP contribution in [0.25, 0.3) is 50.7 Å². The van der Waals surface area contributed by atoms with E-state index >= 15 is 0 Å². The predicted octanol–water partition coefficient (Wildman–Crippen LogP) is 7.75. The molecular weight excluding hydrogens is 631 g/mol. The van der Waals surface area contributed by atoms with Gasteiger partial charge < -0.3 is 14.9 Å². The van der Waals surface area contributed by atoms with E-state index in [1.807, 2.05) is 65.5 Å². The van der Waals surface area contributed by atoms with Crippen molar-refractivity contribution < 1.29 is 4.98 Å². The Kier molecular flexibility index (Phi) is 8.74. The van der Waals surface area contributed by atoms with Crippen LogP contribution in [0.5, 0.6) is 0 Å².